The molecule has 1 aliphatic heterocycles. The second kappa shape index (κ2) is 32.2. The Labute approximate surface area is 313 Å². The fourth-order valence-corrected chi connectivity index (χ4v) is 6.58. The Morgan fingerprint density at radius 1 is 0.490 bits per heavy atom. The fraction of sp³-hybridized carbons (Fsp3) is 0.696. The maximum Gasteiger partial charge on any atom is 0.261 e. The van der Waals surface area contributed by atoms with Crippen LogP contribution in [0.5, 0.6) is 0 Å². The lowest BCUT2D eigenvalue weighted by molar-refractivity contribution is -0.148. The van der Waals surface area contributed by atoms with E-state index < -0.39 is 6.29 Å². The Bertz CT molecular complexity index is 1060. The standard InChI is InChI=1S/C46H75NO4/c1-3-5-7-9-11-13-15-17-19-21-23-25-27-29-31-35-39-50-44(41-47-45(48)42-37-33-34-38-43(42)46(47)49)51-40-36-32-30-28-26-24-22-20-18-16-14-12-10-8-6-4-2/h11,13,17-20,33-34,37-38,44H,3-10,12,14-16,21-32,35-36,39-41H2,1-2H3/b13-11-,19-17-,20-18-. The smallest absolute Gasteiger partial charge is 0.261 e. The third-order valence-corrected chi connectivity index (χ3v) is 9.82. The monoisotopic (exact) mass is 706 g/mol. The lowest BCUT2D eigenvalue weighted by atomic mass is 10.1. The first kappa shape index (κ1) is 44.7. The number of nitrogens with zero attached hydrogens (tertiary/aromatic N) is 1. The molecule has 0 radical (unpaired) electrons. The number of carbonyl (C=O) groups excluding carboxylic acids is 2. The summed E-state index contributed by atoms with van der Waals surface area (Å²) in [5.41, 5.74) is 0.944. The molecular weight excluding hydrogens is 631 g/mol. The van der Waals surface area contributed by atoms with Crippen molar-refractivity contribution >= 4 is 11.8 Å². The summed E-state index contributed by atoms with van der Waals surface area (Å²) in [5, 5.41) is 0. The molecule has 0 fully saturated rings. The average Bonchev–Trinajstić information content (AvgIpc) is 3.38. The van der Waals surface area contributed by atoms with E-state index in [0.29, 0.717) is 24.3 Å². The zero-order chi connectivity index (χ0) is 36.5. The molecular formula is C46H75NO4. The van der Waals surface area contributed by atoms with Crippen LogP contribution in [0.2, 0.25) is 0 Å². The highest BCUT2D eigenvalue weighted by Crippen LogP contribution is 2.23. The molecule has 1 heterocycles. The minimum atomic E-state index is -0.590. The Kier molecular flexibility index (Phi) is 28.2. The molecule has 1 aromatic carbocycles. The summed E-state index contributed by atoms with van der Waals surface area (Å²) in [6.07, 6.45) is 45.6. The van der Waals surface area contributed by atoms with Crippen LogP contribution in [0.3, 0.4) is 0 Å². The number of ether oxygens (including phenoxy) is 2. The number of allylic oxidation sites excluding steroid dienone is 6. The number of fused-ring (bicyclic) bond motifs is 1. The van der Waals surface area contributed by atoms with Gasteiger partial charge in [0.25, 0.3) is 11.8 Å². The first-order valence-corrected chi connectivity index (χ1v) is 21.3. The van der Waals surface area contributed by atoms with Crippen LogP contribution in [0, 0.1) is 0 Å². The molecule has 2 rings (SSSR count). The predicted molar refractivity (Wildman–Crippen MR) is 216 cm³/mol. The maximum atomic E-state index is 13.0. The lowest BCUT2D eigenvalue weighted by Crippen LogP contribution is -2.39. The van der Waals surface area contributed by atoms with E-state index in [2.05, 4.69) is 50.3 Å². The van der Waals surface area contributed by atoms with Crippen molar-refractivity contribution in [2.75, 3.05) is 19.8 Å². The van der Waals surface area contributed by atoms with Crippen LogP contribution in [0.1, 0.15) is 202 Å². The van der Waals surface area contributed by atoms with Crippen molar-refractivity contribution in [1.82, 2.24) is 4.90 Å². The second-order valence-electron chi connectivity index (χ2n) is 14.5. The zero-order valence-corrected chi connectivity index (χ0v) is 32.9. The molecule has 0 aromatic heterocycles. The number of rotatable bonds is 35. The summed E-state index contributed by atoms with van der Waals surface area (Å²) < 4.78 is 12.3. The molecule has 51 heavy (non-hydrogen) atoms. The maximum absolute atomic E-state index is 13.0. The molecule has 0 aliphatic carbocycles. The Morgan fingerprint density at radius 2 is 0.843 bits per heavy atom. The van der Waals surface area contributed by atoms with Crippen molar-refractivity contribution in [2.45, 2.75) is 187 Å². The molecule has 0 spiro atoms. The number of benzene rings is 1. The van der Waals surface area contributed by atoms with Crippen molar-refractivity contribution in [3.63, 3.8) is 0 Å². The molecule has 5 heteroatoms. The lowest BCUT2D eigenvalue weighted by Gasteiger charge is -2.23. The van der Waals surface area contributed by atoms with Crippen LogP contribution in [0.15, 0.2) is 60.7 Å². The number of hydrogen-bond donors (Lipinski definition) is 0. The highest BCUT2D eigenvalue weighted by molar-refractivity contribution is 6.21. The molecule has 288 valence electrons. The van der Waals surface area contributed by atoms with E-state index in [1.54, 1.807) is 24.3 Å². The van der Waals surface area contributed by atoms with Crippen molar-refractivity contribution < 1.29 is 19.1 Å². The number of imide groups is 1. The van der Waals surface area contributed by atoms with E-state index in [9.17, 15) is 9.59 Å². The van der Waals surface area contributed by atoms with Crippen LogP contribution < -0.4 is 0 Å². The summed E-state index contributed by atoms with van der Waals surface area (Å²) in [6, 6.07) is 7.06. The van der Waals surface area contributed by atoms with Crippen molar-refractivity contribution in [1.29, 1.82) is 0 Å². The molecule has 2 amide bonds. The normalized spacial score (nSPS) is 13.9. The van der Waals surface area contributed by atoms with Gasteiger partial charge < -0.3 is 9.47 Å². The highest BCUT2D eigenvalue weighted by atomic mass is 16.7. The molecule has 0 saturated heterocycles. The number of unbranched alkanes of at least 4 members (excludes halogenated alkanes) is 21. The molecule has 1 unspecified atom stereocenters. The third kappa shape index (κ3) is 22.2. The van der Waals surface area contributed by atoms with Crippen LogP contribution in [-0.4, -0.2) is 42.8 Å². The quantitative estimate of drug-likeness (QED) is 0.0305. The van der Waals surface area contributed by atoms with Gasteiger partial charge in [-0.05, 0) is 82.8 Å². The SMILES string of the molecule is CCCCC/C=C\C/C=C\CCCCCCCCOC(CN1C(=O)c2ccccc2C1=O)OCCCCCCCC/C=C\CCCCCCCC. The largest absolute Gasteiger partial charge is 0.351 e. The van der Waals surface area contributed by atoms with Gasteiger partial charge in [-0.15, -0.1) is 0 Å². The van der Waals surface area contributed by atoms with Crippen LogP contribution in [0.4, 0.5) is 0 Å². The molecule has 1 aromatic rings. The second-order valence-corrected chi connectivity index (χ2v) is 14.5. The molecule has 0 N–H and O–H groups in total. The van der Waals surface area contributed by atoms with Gasteiger partial charge in [0, 0.05) is 13.2 Å². The Morgan fingerprint density at radius 3 is 1.29 bits per heavy atom. The van der Waals surface area contributed by atoms with E-state index in [-0.39, 0.29) is 18.4 Å². The van der Waals surface area contributed by atoms with Gasteiger partial charge in [0.1, 0.15) is 0 Å². The predicted octanol–water partition coefficient (Wildman–Crippen LogP) is 13.5. The van der Waals surface area contributed by atoms with Crippen molar-refractivity contribution in [3.8, 4) is 0 Å². The number of carbonyl (C=O) groups is 2. The molecule has 5 nitrogen and oxygen atoms in total. The van der Waals surface area contributed by atoms with E-state index in [1.807, 2.05) is 0 Å². The van der Waals surface area contributed by atoms with E-state index in [0.717, 1.165) is 32.1 Å². The zero-order valence-electron chi connectivity index (χ0n) is 32.9. The van der Waals surface area contributed by atoms with Gasteiger partial charge in [0.2, 0.25) is 0 Å². The molecule has 0 bridgehead atoms. The van der Waals surface area contributed by atoms with Gasteiger partial charge in [0.15, 0.2) is 6.29 Å². The number of amides is 2. The van der Waals surface area contributed by atoms with Gasteiger partial charge in [-0.25, -0.2) is 0 Å². The third-order valence-electron chi connectivity index (χ3n) is 9.82. The summed E-state index contributed by atoms with van der Waals surface area (Å²) >= 11 is 0. The molecule has 0 saturated carbocycles. The highest BCUT2D eigenvalue weighted by Gasteiger charge is 2.36. The van der Waals surface area contributed by atoms with E-state index in [4.69, 9.17) is 9.47 Å². The van der Waals surface area contributed by atoms with Crippen molar-refractivity contribution in [2.24, 2.45) is 0 Å². The van der Waals surface area contributed by atoms with Gasteiger partial charge in [0.05, 0.1) is 17.7 Å². The topological polar surface area (TPSA) is 55.8 Å². The average molecular weight is 706 g/mol. The number of hydrogen-bond acceptors (Lipinski definition) is 4. The van der Waals surface area contributed by atoms with E-state index >= 15 is 0 Å². The van der Waals surface area contributed by atoms with Gasteiger partial charge in [-0.2, -0.15) is 0 Å². The molecule has 1 aliphatic rings. The Hall–Kier alpha value is -2.50. The first-order chi connectivity index (χ1) is 25.2. The summed E-state index contributed by atoms with van der Waals surface area (Å²) in [6.45, 7) is 5.82. The fourth-order valence-electron chi connectivity index (χ4n) is 6.58. The van der Waals surface area contributed by atoms with E-state index in [1.165, 1.54) is 140 Å². The summed E-state index contributed by atoms with van der Waals surface area (Å²) in [7, 11) is 0. The van der Waals surface area contributed by atoms with Gasteiger partial charge in [-0.1, -0.05) is 159 Å². The Balaban J connectivity index is 1.57. The summed E-state index contributed by atoms with van der Waals surface area (Å²) in [5.74, 6) is -0.502. The van der Waals surface area contributed by atoms with Crippen molar-refractivity contribution in [3.05, 3.63) is 71.8 Å². The minimum Gasteiger partial charge on any atom is -0.351 e. The van der Waals surface area contributed by atoms with Crippen LogP contribution >= 0.6 is 0 Å². The molecule has 1 atom stereocenters. The van der Waals surface area contributed by atoms with Crippen LogP contribution in [-0.2, 0) is 9.47 Å². The first-order valence-electron chi connectivity index (χ1n) is 21.3. The van der Waals surface area contributed by atoms with Gasteiger partial charge in [-0.3, -0.25) is 14.5 Å². The van der Waals surface area contributed by atoms with Crippen LogP contribution in [0.25, 0.3) is 0 Å². The van der Waals surface area contributed by atoms with Gasteiger partial charge >= 0.3 is 0 Å². The summed E-state index contributed by atoms with van der Waals surface area (Å²) in [4.78, 5) is 27.3. The minimum absolute atomic E-state index is 0.140.